The number of fused-ring (bicyclic) bond motifs is 1. The molecule has 27 heavy (non-hydrogen) atoms. The zero-order chi connectivity index (χ0) is 18.9. The number of pyridine rings is 2. The quantitative estimate of drug-likeness (QED) is 0.744. The number of rotatable bonds is 2. The number of nitrogens with zero attached hydrogens (tertiary/aromatic N) is 3. The molecule has 1 saturated heterocycles. The first kappa shape index (κ1) is 18.0. The lowest BCUT2D eigenvalue weighted by molar-refractivity contribution is -0.132. The molecule has 8 nitrogen and oxygen atoms in total. The van der Waals surface area contributed by atoms with Crippen LogP contribution in [-0.4, -0.2) is 50.5 Å². The molecule has 0 saturated carbocycles. The number of carbonyl (C=O) groups excluding carboxylic acids is 1. The van der Waals surface area contributed by atoms with E-state index in [1.165, 1.54) is 6.07 Å². The van der Waals surface area contributed by atoms with E-state index in [2.05, 4.69) is 20.0 Å². The number of amides is 1. The van der Waals surface area contributed by atoms with Crippen molar-refractivity contribution < 1.29 is 13.6 Å². The van der Waals surface area contributed by atoms with E-state index in [1.807, 2.05) is 18.2 Å². The molecular formula is C18H21N5O3S. The molecule has 2 N–H and O–H groups in total. The third-order valence-electron chi connectivity index (χ3n) is 4.99. The molecular weight excluding hydrogens is 366 g/mol. The van der Waals surface area contributed by atoms with Gasteiger partial charge in [-0.15, -0.1) is 4.72 Å². The van der Waals surface area contributed by atoms with Gasteiger partial charge in [0, 0.05) is 43.8 Å². The van der Waals surface area contributed by atoms with E-state index in [4.69, 9.17) is 0 Å². The van der Waals surface area contributed by atoms with E-state index in [0.717, 1.165) is 6.42 Å². The Morgan fingerprint density at radius 2 is 2.11 bits per heavy atom. The Kier molecular flexibility index (Phi) is 4.67. The molecule has 2 atom stereocenters. The summed E-state index contributed by atoms with van der Waals surface area (Å²) in [5.41, 5.74) is -0.0457. The highest BCUT2D eigenvalue weighted by Crippen LogP contribution is 2.32. The molecule has 4 heterocycles. The second-order valence-electron chi connectivity index (χ2n) is 7.01. The molecule has 1 amide bonds. The molecule has 0 radical (unpaired) electrons. The van der Waals surface area contributed by atoms with Crippen molar-refractivity contribution in [3.8, 4) is 0 Å². The lowest BCUT2D eigenvalue weighted by Crippen LogP contribution is -2.63. The van der Waals surface area contributed by atoms with Crippen LogP contribution < -0.4 is 10.0 Å². The van der Waals surface area contributed by atoms with Crippen molar-refractivity contribution in [2.75, 3.05) is 25.0 Å². The first-order valence-corrected chi connectivity index (χ1v) is 10.4. The van der Waals surface area contributed by atoms with Gasteiger partial charge in [-0.05, 0) is 31.0 Å². The molecule has 0 bridgehead atoms. The Hall–Kier alpha value is -2.36. The van der Waals surface area contributed by atoms with E-state index >= 15 is 0 Å². The number of carbonyl (C=O) groups is 1. The summed E-state index contributed by atoms with van der Waals surface area (Å²) in [5, 5.41) is 3.15. The molecule has 2 unspecified atom stereocenters. The fraction of sp³-hybridized carbons (Fsp3) is 0.389. The van der Waals surface area contributed by atoms with Gasteiger partial charge >= 0.3 is 0 Å². The number of anilines is 1. The number of hydrogen-bond acceptors (Lipinski definition) is 6. The van der Waals surface area contributed by atoms with Crippen LogP contribution in [0, 0.1) is 0 Å². The average molecular weight is 387 g/mol. The van der Waals surface area contributed by atoms with Crippen LogP contribution in [0.4, 0.5) is 5.82 Å². The summed E-state index contributed by atoms with van der Waals surface area (Å²) in [5.74, 6) is 0.297. The van der Waals surface area contributed by atoms with Crippen molar-refractivity contribution >= 4 is 22.1 Å². The number of aromatic nitrogens is 2. The Balaban J connectivity index is 1.54. The normalized spacial score (nSPS) is 27.5. The minimum absolute atomic E-state index is 0.0492. The minimum atomic E-state index is -3.72. The SMILES string of the molecule is O=C(Cc1ccccn1)N1CCCC2(CNc3ncccc3[S+](=O)([O-])N2)C1. The second kappa shape index (κ2) is 6.99. The van der Waals surface area contributed by atoms with Gasteiger partial charge in [0.15, 0.2) is 16.2 Å². The van der Waals surface area contributed by atoms with Crippen LogP contribution in [0.1, 0.15) is 18.5 Å². The van der Waals surface area contributed by atoms with Crippen LogP contribution in [-0.2, 0) is 25.8 Å². The van der Waals surface area contributed by atoms with E-state index in [-0.39, 0.29) is 17.2 Å². The van der Waals surface area contributed by atoms with Crippen LogP contribution >= 0.6 is 0 Å². The summed E-state index contributed by atoms with van der Waals surface area (Å²) in [4.78, 5) is 22.9. The number of nitrogens with one attached hydrogen (secondary N) is 2. The predicted molar refractivity (Wildman–Crippen MR) is 99.4 cm³/mol. The van der Waals surface area contributed by atoms with Gasteiger partial charge in [-0.2, -0.15) is 0 Å². The van der Waals surface area contributed by atoms with Gasteiger partial charge in [0.2, 0.25) is 10.8 Å². The first-order chi connectivity index (χ1) is 13.0. The van der Waals surface area contributed by atoms with Gasteiger partial charge in [0.1, 0.15) is 0 Å². The number of likely N-dealkylation sites (tertiary alicyclic amines) is 1. The van der Waals surface area contributed by atoms with Crippen LogP contribution in [0.3, 0.4) is 0 Å². The summed E-state index contributed by atoms with van der Waals surface area (Å²) < 4.78 is 28.5. The average Bonchev–Trinajstić information content (AvgIpc) is 2.77. The Bertz CT molecular complexity index is 894. The van der Waals surface area contributed by atoms with Crippen molar-refractivity contribution in [3.63, 3.8) is 0 Å². The van der Waals surface area contributed by atoms with Crippen LogP contribution in [0.15, 0.2) is 47.6 Å². The molecule has 2 aliphatic rings. The zero-order valence-corrected chi connectivity index (χ0v) is 15.6. The lowest BCUT2D eigenvalue weighted by atomic mass is 9.89. The lowest BCUT2D eigenvalue weighted by Gasteiger charge is -2.42. The second-order valence-corrected chi connectivity index (χ2v) is 8.66. The fourth-order valence-electron chi connectivity index (χ4n) is 3.71. The highest BCUT2D eigenvalue weighted by molar-refractivity contribution is 7.96. The maximum Gasteiger partial charge on any atom is 0.228 e. The topological polar surface area (TPSA) is 110 Å². The van der Waals surface area contributed by atoms with E-state index in [0.29, 0.717) is 37.6 Å². The maximum atomic E-state index is 12.8. The summed E-state index contributed by atoms with van der Waals surface area (Å²) in [6.07, 6.45) is 4.80. The summed E-state index contributed by atoms with van der Waals surface area (Å²) in [6.45, 7) is 1.31. The van der Waals surface area contributed by atoms with Crippen molar-refractivity contribution in [2.45, 2.75) is 29.7 Å². The van der Waals surface area contributed by atoms with E-state index in [1.54, 1.807) is 23.4 Å². The van der Waals surface area contributed by atoms with Crippen molar-refractivity contribution in [1.29, 1.82) is 0 Å². The summed E-state index contributed by atoms with van der Waals surface area (Å²) in [7, 11) is -3.72. The molecule has 4 rings (SSSR count). The smallest absolute Gasteiger partial charge is 0.228 e. The summed E-state index contributed by atoms with van der Waals surface area (Å²) >= 11 is 0. The van der Waals surface area contributed by atoms with Crippen molar-refractivity contribution in [3.05, 3.63) is 48.4 Å². The third kappa shape index (κ3) is 3.71. The summed E-state index contributed by atoms with van der Waals surface area (Å²) in [6, 6.07) is 8.60. The van der Waals surface area contributed by atoms with Crippen LogP contribution in [0.2, 0.25) is 0 Å². The highest BCUT2D eigenvalue weighted by atomic mass is 32.3. The minimum Gasteiger partial charge on any atom is -0.593 e. The first-order valence-electron chi connectivity index (χ1n) is 8.88. The number of hydrogen-bond donors (Lipinski definition) is 2. The molecule has 2 aromatic rings. The Morgan fingerprint density at radius 1 is 1.26 bits per heavy atom. The molecule has 2 aromatic heterocycles. The van der Waals surface area contributed by atoms with Gasteiger partial charge < -0.3 is 14.8 Å². The van der Waals surface area contributed by atoms with Crippen LogP contribution in [0.5, 0.6) is 0 Å². The standard InChI is InChI=1S/C18H21N5O3S/c24-16(11-14-5-1-2-8-19-14)23-10-4-7-18(13-23)12-21-17-15(6-3-9-20-17)27(25,26)22-18/h1-3,5-6,8-9H,4,7,10-13H2,(H2-,20,21,22,25,26). The van der Waals surface area contributed by atoms with Gasteiger partial charge in [-0.25, -0.2) is 4.98 Å². The van der Waals surface area contributed by atoms with Crippen molar-refractivity contribution in [2.24, 2.45) is 0 Å². The molecule has 2 aliphatic heterocycles. The molecule has 0 aromatic carbocycles. The molecule has 9 heteroatoms. The highest BCUT2D eigenvalue weighted by Gasteiger charge is 2.46. The predicted octanol–water partition coefficient (Wildman–Crippen LogP) is 0.999. The number of sulfonamides is 1. The Morgan fingerprint density at radius 3 is 2.93 bits per heavy atom. The molecule has 0 aliphatic carbocycles. The fourth-order valence-corrected chi connectivity index (χ4v) is 5.27. The maximum absolute atomic E-state index is 12.8. The molecule has 1 fully saturated rings. The van der Waals surface area contributed by atoms with Gasteiger partial charge in [0.05, 0.1) is 12.0 Å². The van der Waals surface area contributed by atoms with E-state index < -0.39 is 15.9 Å². The molecule has 1 spiro atoms. The van der Waals surface area contributed by atoms with Gasteiger partial charge in [-0.3, -0.25) is 9.78 Å². The van der Waals surface area contributed by atoms with Crippen LogP contribution in [0.25, 0.3) is 0 Å². The zero-order valence-electron chi connectivity index (χ0n) is 14.8. The Labute approximate surface area is 158 Å². The number of piperidine rings is 1. The monoisotopic (exact) mass is 387 g/mol. The van der Waals surface area contributed by atoms with E-state index in [9.17, 15) is 13.6 Å². The van der Waals surface area contributed by atoms with Crippen molar-refractivity contribution in [1.82, 2.24) is 19.6 Å². The van der Waals surface area contributed by atoms with Gasteiger partial charge in [-0.1, -0.05) is 10.3 Å². The third-order valence-corrected chi connectivity index (χ3v) is 6.60. The largest absolute Gasteiger partial charge is 0.593 e. The van der Waals surface area contributed by atoms with Gasteiger partial charge in [0.25, 0.3) is 0 Å². The molecule has 142 valence electrons.